The van der Waals surface area contributed by atoms with Gasteiger partial charge in [-0.3, -0.25) is 5.41 Å². The van der Waals surface area contributed by atoms with E-state index >= 15 is 0 Å². The van der Waals surface area contributed by atoms with Crippen LogP contribution in [0.3, 0.4) is 0 Å². The molecule has 1 aromatic heterocycles. The van der Waals surface area contributed by atoms with E-state index in [-0.39, 0.29) is 5.84 Å². The number of thiazole rings is 1. The van der Waals surface area contributed by atoms with Crippen LogP contribution >= 0.6 is 11.3 Å². The minimum atomic E-state index is 0.0690. The molecule has 152 valence electrons. The van der Waals surface area contributed by atoms with Gasteiger partial charge in [-0.05, 0) is 81.6 Å². The zero-order chi connectivity index (χ0) is 20.6. The van der Waals surface area contributed by atoms with Gasteiger partial charge in [0.2, 0.25) is 0 Å². The summed E-state index contributed by atoms with van der Waals surface area (Å²) in [5, 5.41) is 8.47. The zero-order valence-electron chi connectivity index (χ0n) is 16.9. The molecule has 2 aromatic carbocycles. The van der Waals surface area contributed by atoms with Gasteiger partial charge in [0, 0.05) is 16.0 Å². The maximum atomic E-state index is 7.38. The van der Waals surface area contributed by atoms with Crippen molar-refractivity contribution in [2.45, 2.75) is 33.1 Å². The molecule has 0 unspecified atom stereocenters. The second-order valence-corrected chi connectivity index (χ2v) is 8.27. The van der Waals surface area contributed by atoms with E-state index in [2.05, 4.69) is 24.0 Å². The zero-order valence-corrected chi connectivity index (χ0v) is 17.7. The van der Waals surface area contributed by atoms with Gasteiger partial charge in [-0.25, -0.2) is 4.98 Å². The molecule has 0 amide bonds. The Morgan fingerprint density at radius 1 is 0.897 bits per heavy atom. The van der Waals surface area contributed by atoms with Crippen molar-refractivity contribution in [3.63, 3.8) is 0 Å². The predicted molar refractivity (Wildman–Crippen MR) is 119 cm³/mol. The molecule has 0 atom stereocenters. The van der Waals surface area contributed by atoms with Gasteiger partial charge in [0.1, 0.15) is 17.3 Å². The molecule has 0 radical (unpaired) electrons. The topological polar surface area (TPSA) is 81.2 Å². The highest BCUT2D eigenvalue weighted by molar-refractivity contribution is 7.11. The summed E-state index contributed by atoms with van der Waals surface area (Å²) in [6.07, 6.45) is 3.00. The Morgan fingerprint density at radius 3 is 1.93 bits per heavy atom. The molecule has 0 saturated heterocycles. The average Bonchev–Trinajstić information content (AvgIpc) is 3.06. The first kappa shape index (κ1) is 20.9. The summed E-state index contributed by atoms with van der Waals surface area (Å²) in [7, 11) is 0. The summed E-state index contributed by atoms with van der Waals surface area (Å²) >= 11 is 1.73. The van der Waals surface area contributed by atoms with Crippen LogP contribution in [-0.4, -0.2) is 24.0 Å². The number of nitrogens with zero attached hydrogens (tertiary/aromatic N) is 1. The van der Waals surface area contributed by atoms with Gasteiger partial charge in [0.05, 0.1) is 23.9 Å². The maximum absolute atomic E-state index is 7.38. The van der Waals surface area contributed by atoms with Gasteiger partial charge in [-0.15, -0.1) is 11.3 Å². The average molecular weight is 410 g/mol. The molecule has 29 heavy (non-hydrogen) atoms. The van der Waals surface area contributed by atoms with Crippen LogP contribution in [0.2, 0.25) is 0 Å². The van der Waals surface area contributed by atoms with Gasteiger partial charge in [-0.2, -0.15) is 0 Å². The second kappa shape index (κ2) is 10.1. The number of amidine groups is 1. The van der Waals surface area contributed by atoms with Gasteiger partial charge in [0.15, 0.2) is 0 Å². The fourth-order valence-electron chi connectivity index (χ4n) is 3.00. The van der Waals surface area contributed by atoms with Gasteiger partial charge in [0.25, 0.3) is 0 Å². The normalized spacial score (nSPS) is 10.7. The van der Waals surface area contributed by atoms with E-state index in [1.807, 2.05) is 31.2 Å². The highest BCUT2D eigenvalue weighted by Crippen LogP contribution is 2.28. The fourth-order valence-corrected chi connectivity index (χ4v) is 3.84. The van der Waals surface area contributed by atoms with Crippen LogP contribution in [0.15, 0.2) is 48.5 Å². The number of nitrogens with one attached hydrogen (secondary N) is 1. The summed E-state index contributed by atoms with van der Waals surface area (Å²) in [6, 6.07) is 15.5. The Labute approximate surface area is 176 Å². The van der Waals surface area contributed by atoms with Gasteiger partial charge in [-0.1, -0.05) is 0 Å². The lowest BCUT2D eigenvalue weighted by Gasteiger charge is -2.08. The minimum absolute atomic E-state index is 0.0690. The lowest BCUT2D eigenvalue weighted by atomic mass is 10.1. The van der Waals surface area contributed by atoms with Crippen molar-refractivity contribution in [2.24, 2.45) is 5.73 Å². The molecular formula is C23H27N3O2S. The first-order valence-electron chi connectivity index (χ1n) is 9.77. The molecule has 3 N–H and O–H groups in total. The van der Waals surface area contributed by atoms with E-state index in [1.165, 1.54) is 4.88 Å². The predicted octanol–water partition coefficient (Wildman–Crippen LogP) is 5.34. The Bertz CT molecular complexity index is 934. The molecule has 0 bridgehead atoms. The first-order valence-corrected chi connectivity index (χ1v) is 10.6. The van der Waals surface area contributed by atoms with Gasteiger partial charge >= 0.3 is 0 Å². The monoisotopic (exact) mass is 409 g/mol. The van der Waals surface area contributed by atoms with E-state index in [0.717, 1.165) is 47.0 Å². The summed E-state index contributed by atoms with van der Waals surface area (Å²) in [4.78, 5) is 5.84. The number of aryl methyl sites for hydroxylation is 2. The van der Waals surface area contributed by atoms with Crippen molar-refractivity contribution >= 4 is 17.2 Å². The third-order valence-electron chi connectivity index (χ3n) is 4.52. The minimum Gasteiger partial charge on any atom is -0.494 e. The number of unbranched alkanes of at least 4 members (excludes halogenated alkanes) is 2. The molecule has 0 aliphatic heterocycles. The van der Waals surface area contributed by atoms with Crippen molar-refractivity contribution in [3.05, 3.63) is 64.0 Å². The first-order chi connectivity index (χ1) is 14.0. The molecule has 3 aromatic rings. The SMILES string of the molecule is Cc1nc(-c2ccc(OCCCCCOc3ccc(C(=N)N)cc3)cc2)c(C)s1. The molecule has 0 spiro atoms. The summed E-state index contributed by atoms with van der Waals surface area (Å²) in [6.45, 7) is 5.51. The second-order valence-electron chi connectivity index (χ2n) is 6.86. The number of nitrogens with two attached hydrogens (primary N) is 1. The standard InChI is InChI=1S/C23H27N3O2S/c1-16-22(26-17(2)29-16)18-6-10-20(11-7-18)27-14-4-3-5-15-28-21-12-8-19(9-13-21)23(24)25/h6-13H,3-5,14-15H2,1-2H3,(H3,24,25). The number of hydrogen-bond acceptors (Lipinski definition) is 5. The fraction of sp³-hybridized carbons (Fsp3) is 0.304. The van der Waals surface area contributed by atoms with Gasteiger partial charge < -0.3 is 15.2 Å². The molecular weight excluding hydrogens is 382 g/mol. The Hall–Kier alpha value is -2.86. The third kappa shape index (κ3) is 6.06. The Morgan fingerprint density at radius 2 is 1.45 bits per heavy atom. The van der Waals surface area contributed by atoms with Crippen LogP contribution in [0.1, 0.15) is 34.7 Å². The Kier molecular flexibility index (Phi) is 7.25. The lowest BCUT2D eigenvalue weighted by molar-refractivity contribution is 0.279. The van der Waals surface area contributed by atoms with Crippen LogP contribution in [0.4, 0.5) is 0 Å². The lowest BCUT2D eigenvalue weighted by Crippen LogP contribution is -2.10. The van der Waals surface area contributed by atoms with Crippen molar-refractivity contribution in [2.75, 3.05) is 13.2 Å². The quantitative estimate of drug-likeness (QED) is 0.269. The van der Waals surface area contributed by atoms with Crippen molar-refractivity contribution in [1.82, 2.24) is 4.98 Å². The molecule has 0 aliphatic rings. The number of ether oxygens (including phenoxy) is 2. The van der Waals surface area contributed by atoms with Crippen LogP contribution in [0.25, 0.3) is 11.3 Å². The van der Waals surface area contributed by atoms with E-state index in [1.54, 1.807) is 23.5 Å². The van der Waals surface area contributed by atoms with Crippen LogP contribution in [0.5, 0.6) is 11.5 Å². The van der Waals surface area contributed by atoms with Crippen molar-refractivity contribution in [1.29, 1.82) is 5.41 Å². The van der Waals surface area contributed by atoms with Crippen LogP contribution in [-0.2, 0) is 0 Å². The maximum Gasteiger partial charge on any atom is 0.122 e. The summed E-state index contributed by atoms with van der Waals surface area (Å²) < 4.78 is 11.6. The van der Waals surface area contributed by atoms with E-state index in [4.69, 9.17) is 20.6 Å². The van der Waals surface area contributed by atoms with Crippen molar-refractivity contribution < 1.29 is 9.47 Å². The molecule has 0 saturated carbocycles. The summed E-state index contributed by atoms with van der Waals surface area (Å²) in [5.41, 5.74) is 8.35. The number of rotatable bonds is 10. The number of aromatic nitrogens is 1. The molecule has 3 rings (SSSR count). The number of nitrogen functional groups attached to an aromatic ring is 1. The molecule has 5 nitrogen and oxygen atoms in total. The molecule has 0 aliphatic carbocycles. The number of hydrogen-bond donors (Lipinski definition) is 2. The van der Waals surface area contributed by atoms with E-state index in [0.29, 0.717) is 18.8 Å². The van der Waals surface area contributed by atoms with Crippen LogP contribution < -0.4 is 15.2 Å². The summed E-state index contributed by atoms with van der Waals surface area (Å²) in [5.74, 6) is 1.76. The molecule has 1 heterocycles. The highest BCUT2D eigenvalue weighted by Gasteiger charge is 2.07. The number of benzene rings is 2. The highest BCUT2D eigenvalue weighted by atomic mass is 32.1. The van der Waals surface area contributed by atoms with Crippen LogP contribution in [0, 0.1) is 19.3 Å². The van der Waals surface area contributed by atoms with E-state index < -0.39 is 0 Å². The third-order valence-corrected chi connectivity index (χ3v) is 5.41. The smallest absolute Gasteiger partial charge is 0.122 e. The Balaban J connectivity index is 1.32. The molecule has 0 fully saturated rings. The molecule has 6 heteroatoms. The van der Waals surface area contributed by atoms with E-state index in [9.17, 15) is 0 Å². The largest absolute Gasteiger partial charge is 0.494 e. The van der Waals surface area contributed by atoms with Crippen molar-refractivity contribution in [3.8, 4) is 22.8 Å².